The molecule has 1 amide bonds. The maximum Gasteiger partial charge on any atom is 0.270 e. The number of carbonyl (C=O) groups excluding carboxylic acids is 1. The van der Waals surface area contributed by atoms with Gasteiger partial charge in [-0.25, -0.2) is 0 Å². The van der Waals surface area contributed by atoms with E-state index in [-0.39, 0.29) is 29.2 Å². The molecule has 2 fully saturated rings. The number of thiocarbonyl (C=S) groups is 1. The van der Waals surface area contributed by atoms with Crippen molar-refractivity contribution in [1.29, 1.82) is 5.26 Å². The molecule has 3 heterocycles. The van der Waals surface area contributed by atoms with Crippen molar-refractivity contribution < 1.29 is 14.3 Å². The molecule has 0 bridgehead atoms. The molecule has 0 unspecified atom stereocenters. The molecule has 194 valence electrons. The van der Waals surface area contributed by atoms with Crippen LogP contribution in [0.15, 0.2) is 34.0 Å². The Morgan fingerprint density at radius 3 is 2.46 bits per heavy atom. The number of thioether (sulfide) groups is 1. The van der Waals surface area contributed by atoms with Gasteiger partial charge >= 0.3 is 0 Å². The van der Waals surface area contributed by atoms with E-state index in [0.717, 1.165) is 11.3 Å². The summed E-state index contributed by atoms with van der Waals surface area (Å²) >= 11 is 6.80. The van der Waals surface area contributed by atoms with Crippen molar-refractivity contribution in [2.75, 3.05) is 31.6 Å². The molecule has 0 aliphatic carbocycles. The van der Waals surface area contributed by atoms with Crippen molar-refractivity contribution in [2.24, 2.45) is 7.05 Å². The lowest BCUT2D eigenvalue weighted by Crippen LogP contribution is -2.47. The van der Waals surface area contributed by atoms with Crippen LogP contribution in [-0.2, 0) is 23.0 Å². The molecule has 2 atom stereocenters. The number of hydrogen-bond donors (Lipinski definition) is 0. The van der Waals surface area contributed by atoms with Gasteiger partial charge < -0.3 is 14.4 Å². The van der Waals surface area contributed by atoms with Crippen LogP contribution in [-0.4, -0.2) is 58.6 Å². The average molecular weight is 539 g/mol. The quantitative estimate of drug-likeness (QED) is 0.407. The monoisotopic (exact) mass is 538 g/mol. The topological polar surface area (TPSA) is 87.8 Å². The number of methoxy groups -OCH3 is 1. The zero-order valence-electron chi connectivity index (χ0n) is 21.6. The predicted molar refractivity (Wildman–Crippen MR) is 150 cm³/mol. The highest BCUT2D eigenvalue weighted by atomic mass is 32.2. The number of aromatic nitrogens is 1. The number of nitrogens with zero attached hydrogens (tertiary/aromatic N) is 4. The fraction of sp³-hybridized carbons (Fsp3) is 0.407. The number of ether oxygens (including phenoxy) is 2. The molecule has 4 rings (SSSR count). The Bertz CT molecular complexity index is 1350. The lowest BCUT2D eigenvalue weighted by Gasteiger charge is -2.38. The van der Waals surface area contributed by atoms with E-state index in [4.69, 9.17) is 21.7 Å². The molecule has 0 spiro atoms. The zero-order valence-corrected chi connectivity index (χ0v) is 23.2. The van der Waals surface area contributed by atoms with Crippen LogP contribution >= 0.6 is 24.0 Å². The van der Waals surface area contributed by atoms with E-state index in [9.17, 15) is 14.9 Å². The molecule has 1 aromatic heterocycles. The summed E-state index contributed by atoms with van der Waals surface area (Å²) in [6.07, 6.45) is 2.37. The number of nitriles is 1. The fourth-order valence-corrected chi connectivity index (χ4v) is 6.09. The summed E-state index contributed by atoms with van der Waals surface area (Å²) in [6, 6.07) is 9.78. The molecule has 0 radical (unpaired) electrons. The Balaban J connectivity index is 1.68. The van der Waals surface area contributed by atoms with Crippen molar-refractivity contribution in [3.05, 3.63) is 61.8 Å². The Labute approximate surface area is 226 Å². The molecule has 2 aliphatic rings. The number of amides is 1. The SMILES string of the molecule is COc1ccc(CCN2C(=O)/C(=C/c3c(C)c(C#N)c(=O)n(C)c3N3C[C@@H](C)O[C@@H](C)C3)SC2=S)cc1. The number of hydrogen-bond acceptors (Lipinski definition) is 8. The van der Waals surface area contributed by atoms with Gasteiger partial charge in [0.25, 0.3) is 11.5 Å². The summed E-state index contributed by atoms with van der Waals surface area (Å²) in [5, 5.41) is 9.71. The van der Waals surface area contributed by atoms with Gasteiger partial charge in [-0.3, -0.25) is 19.1 Å². The Hall–Kier alpha value is -3.13. The van der Waals surface area contributed by atoms with Crippen LogP contribution < -0.4 is 15.2 Å². The van der Waals surface area contributed by atoms with Crippen LogP contribution in [0.25, 0.3) is 6.08 Å². The number of carbonyl (C=O) groups is 1. The van der Waals surface area contributed by atoms with Crippen LogP contribution in [0.1, 0.15) is 36.1 Å². The van der Waals surface area contributed by atoms with Gasteiger partial charge in [0.1, 0.15) is 27.5 Å². The smallest absolute Gasteiger partial charge is 0.270 e. The summed E-state index contributed by atoms with van der Waals surface area (Å²) in [5.41, 5.74) is 2.02. The Morgan fingerprint density at radius 1 is 1.22 bits per heavy atom. The second kappa shape index (κ2) is 11.1. The van der Waals surface area contributed by atoms with E-state index in [1.54, 1.807) is 32.1 Å². The highest BCUT2D eigenvalue weighted by Crippen LogP contribution is 2.36. The maximum atomic E-state index is 13.4. The van der Waals surface area contributed by atoms with E-state index in [0.29, 0.717) is 52.2 Å². The van der Waals surface area contributed by atoms with Crippen molar-refractivity contribution in [3.63, 3.8) is 0 Å². The zero-order chi connectivity index (χ0) is 26.9. The van der Waals surface area contributed by atoms with Crippen molar-refractivity contribution in [3.8, 4) is 11.8 Å². The first kappa shape index (κ1) is 26.9. The third-order valence-corrected chi connectivity index (χ3v) is 8.00. The Morgan fingerprint density at radius 2 is 1.86 bits per heavy atom. The van der Waals surface area contributed by atoms with Gasteiger partial charge in [-0.2, -0.15) is 5.26 Å². The van der Waals surface area contributed by atoms with Gasteiger partial charge in [0.05, 0.1) is 24.2 Å². The van der Waals surface area contributed by atoms with E-state index in [1.165, 1.54) is 16.3 Å². The molecule has 10 heteroatoms. The van der Waals surface area contributed by atoms with E-state index < -0.39 is 0 Å². The van der Waals surface area contributed by atoms with Gasteiger partial charge in [0.2, 0.25) is 0 Å². The first-order chi connectivity index (χ1) is 17.6. The third-order valence-electron chi connectivity index (χ3n) is 6.62. The molecule has 1 aromatic carbocycles. The third kappa shape index (κ3) is 5.44. The number of morpholine rings is 1. The number of pyridine rings is 1. The lowest BCUT2D eigenvalue weighted by molar-refractivity contribution is -0.122. The van der Waals surface area contributed by atoms with E-state index in [2.05, 4.69) is 11.0 Å². The molecule has 2 aliphatic heterocycles. The summed E-state index contributed by atoms with van der Waals surface area (Å²) < 4.78 is 13.1. The fourth-order valence-electron chi connectivity index (χ4n) is 4.80. The standard InChI is InChI=1S/C27H30N4O4S2/c1-16-14-30(15-17(2)35-16)24-21(18(3)22(13-28)25(32)29(24)4)12-23-26(33)31(27(36)37-23)11-10-19-6-8-20(34-5)9-7-19/h6-9,12,16-17H,10-11,14-15H2,1-5H3/b23-12-/t16-,17+. The molecular formula is C27H30N4O4S2. The van der Waals surface area contributed by atoms with Crippen molar-refractivity contribution in [1.82, 2.24) is 9.47 Å². The van der Waals surface area contributed by atoms with Crippen LogP contribution in [0.2, 0.25) is 0 Å². The molecule has 8 nitrogen and oxygen atoms in total. The van der Waals surface area contributed by atoms with Crippen LogP contribution in [0.3, 0.4) is 0 Å². The molecule has 0 N–H and O–H groups in total. The molecule has 2 aromatic rings. The summed E-state index contributed by atoms with van der Waals surface area (Å²) in [7, 11) is 3.29. The van der Waals surface area contributed by atoms with Gasteiger partial charge in [0, 0.05) is 32.2 Å². The summed E-state index contributed by atoms with van der Waals surface area (Å²) in [5.74, 6) is 1.28. The average Bonchev–Trinajstić information content (AvgIpc) is 3.13. The first-order valence-electron chi connectivity index (χ1n) is 12.1. The van der Waals surface area contributed by atoms with Crippen LogP contribution in [0, 0.1) is 18.3 Å². The van der Waals surface area contributed by atoms with Gasteiger partial charge in [-0.15, -0.1) is 0 Å². The van der Waals surface area contributed by atoms with Crippen LogP contribution in [0.4, 0.5) is 5.82 Å². The van der Waals surface area contributed by atoms with Gasteiger partial charge in [-0.1, -0.05) is 36.1 Å². The van der Waals surface area contributed by atoms with Gasteiger partial charge in [-0.05, 0) is 56.5 Å². The maximum absolute atomic E-state index is 13.4. The minimum absolute atomic E-state index is 0.0289. The van der Waals surface area contributed by atoms with E-state index >= 15 is 0 Å². The van der Waals surface area contributed by atoms with Gasteiger partial charge in [0.15, 0.2) is 0 Å². The van der Waals surface area contributed by atoms with Crippen LogP contribution in [0.5, 0.6) is 5.75 Å². The Kier molecular flexibility index (Phi) is 8.07. The molecular weight excluding hydrogens is 508 g/mol. The largest absolute Gasteiger partial charge is 0.497 e. The summed E-state index contributed by atoms with van der Waals surface area (Å²) in [6.45, 7) is 7.37. The summed E-state index contributed by atoms with van der Waals surface area (Å²) in [4.78, 5) is 30.6. The molecule has 0 saturated carbocycles. The normalized spacial score (nSPS) is 21.0. The number of rotatable bonds is 6. The molecule has 37 heavy (non-hydrogen) atoms. The highest BCUT2D eigenvalue weighted by Gasteiger charge is 2.33. The minimum atomic E-state index is -0.356. The number of anilines is 1. The molecule has 2 saturated heterocycles. The lowest BCUT2D eigenvalue weighted by atomic mass is 10.0. The van der Waals surface area contributed by atoms with E-state index in [1.807, 2.05) is 38.1 Å². The number of benzene rings is 1. The predicted octanol–water partition coefficient (Wildman–Crippen LogP) is 3.63. The van der Waals surface area contributed by atoms with Crippen molar-refractivity contribution >= 4 is 46.1 Å². The highest BCUT2D eigenvalue weighted by molar-refractivity contribution is 8.26. The second-order valence-corrected chi connectivity index (χ2v) is 11.0. The van der Waals surface area contributed by atoms with Crippen molar-refractivity contribution in [2.45, 2.75) is 39.4 Å². The first-order valence-corrected chi connectivity index (χ1v) is 13.3. The second-order valence-electron chi connectivity index (χ2n) is 9.31. The minimum Gasteiger partial charge on any atom is -0.497 e.